The Morgan fingerprint density at radius 1 is 0.870 bits per heavy atom. The normalized spacial score (nSPS) is 11.0. The number of allylic oxidation sites excluding steroid dienone is 2. The van der Waals surface area contributed by atoms with Crippen LogP contribution in [-0.2, 0) is 9.53 Å². The van der Waals surface area contributed by atoms with E-state index in [-0.39, 0.29) is 5.97 Å². The lowest BCUT2D eigenvalue weighted by Crippen LogP contribution is -2.01. The molecule has 0 aliphatic heterocycles. The quantitative estimate of drug-likeness (QED) is 0.425. The van der Waals surface area contributed by atoms with E-state index in [1.54, 1.807) is 6.92 Å². The van der Waals surface area contributed by atoms with Gasteiger partial charge in [-0.2, -0.15) is 0 Å². The molecule has 0 aliphatic rings. The molecule has 0 radical (unpaired) electrons. The first kappa shape index (κ1) is 16.8. The molecule has 2 heteroatoms. The van der Waals surface area contributed by atoms with E-state index in [9.17, 15) is 4.79 Å². The summed E-state index contributed by atoms with van der Waals surface area (Å²) in [6.07, 6.45) is 5.83. The number of carbonyl (C=O) groups is 1. The van der Waals surface area contributed by atoms with Crippen LogP contribution in [0.4, 0.5) is 0 Å². The number of unbranched alkanes of at least 4 members (excludes halogenated alkanes) is 1. The van der Waals surface area contributed by atoms with Gasteiger partial charge in [0.15, 0.2) is 0 Å². The van der Waals surface area contributed by atoms with Crippen LogP contribution in [0.1, 0.15) is 30.9 Å². The van der Waals surface area contributed by atoms with Gasteiger partial charge in [0.05, 0.1) is 7.11 Å². The molecule has 118 valence electrons. The Kier molecular flexibility index (Phi) is 6.37. The number of methoxy groups -OCH3 is 1. The predicted octanol–water partition coefficient (Wildman–Crippen LogP) is 5.02. The van der Waals surface area contributed by atoms with Crippen LogP contribution in [0.2, 0.25) is 0 Å². The number of carbonyl (C=O) groups excluding carboxylic acids is 1. The first-order valence-corrected chi connectivity index (χ1v) is 7.78. The average Bonchev–Trinajstić information content (AvgIpc) is 2.62. The van der Waals surface area contributed by atoms with Crippen molar-refractivity contribution in [2.75, 3.05) is 7.11 Å². The van der Waals surface area contributed by atoms with E-state index in [2.05, 4.69) is 30.3 Å². The molecule has 0 spiro atoms. The summed E-state index contributed by atoms with van der Waals surface area (Å²) < 4.78 is 4.71. The first-order chi connectivity index (χ1) is 11.2. The zero-order valence-corrected chi connectivity index (χ0v) is 13.7. The van der Waals surface area contributed by atoms with E-state index in [0.29, 0.717) is 5.57 Å². The second-order valence-electron chi connectivity index (χ2n) is 5.31. The third-order valence-electron chi connectivity index (χ3n) is 3.64. The maximum atomic E-state index is 11.4. The van der Waals surface area contributed by atoms with Gasteiger partial charge in [-0.05, 0) is 36.5 Å². The van der Waals surface area contributed by atoms with Crippen molar-refractivity contribution in [2.24, 2.45) is 0 Å². The Bertz CT molecular complexity index is 641. The summed E-state index contributed by atoms with van der Waals surface area (Å²) in [5.41, 5.74) is 4.27. The minimum atomic E-state index is -0.264. The standard InChI is InChI=1S/C21H22O2/c1-17(21(22)23-2)11-9-10-16-20(18-12-5-3-6-13-18)19-14-7-4-8-15-19/h3-8,11-16H,9-10H2,1-2H3. The lowest BCUT2D eigenvalue weighted by Gasteiger charge is -2.08. The highest BCUT2D eigenvalue weighted by Crippen LogP contribution is 2.24. The summed E-state index contributed by atoms with van der Waals surface area (Å²) in [7, 11) is 1.41. The zero-order chi connectivity index (χ0) is 16.5. The maximum absolute atomic E-state index is 11.4. The zero-order valence-electron chi connectivity index (χ0n) is 13.7. The van der Waals surface area contributed by atoms with Crippen molar-refractivity contribution in [3.8, 4) is 0 Å². The molecular formula is C21H22O2. The van der Waals surface area contributed by atoms with Crippen LogP contribution in [0.3, 0.4) is 0 Å². The van der Waals surface area contributed by atoms with Gasteiger partial charge in [-0.25, -0.2) is 4.79 Å². The van der Waals surface area contributed by atoms with Crippen LogP contribution >= 0.6 is 0 Å². The molecule has 0 saturated carbocycles. The van der Waals surface area contributed by atoms with Crippen LogP contribution in [0.15, 0.2) is 78.4 Å². The highest BCUT2D eigenvalue weighted by atomic mass is 16.5. The van der Waals surface area contributed by atoms with E-state index in [1.165, 1.54) is 23.8 Å². The minimum absolute atomic E-state index is 0.264. The summed E-state index contributed by atoms with van der Waals surface area (Å²) in [6, 6.07) is 20.7. The number of ether oxygens (including phenoxy) is 1. The van der Waals surface area contributed by atoms with E-state index < -0.39 is 0 Å². The third-order valence-corrected chi connectivity index (χ3v) is 3.64. The van der Waals surface area contributed by atoms with Gasteiger partial charge in [-0.1, -0.05) is 72.8 Å². The molecule has 2 rings (SSSR count). The van der Waals surface area contributed by atoms with Crippen molar-refractivity contribution in [1.29, 1.82) is 0 Å². The van der Waals surface area contributed by atoms with Crippen LogP contribution in [0.5, 0.6) is 0 Å². The first-order valence-electron chi connectivity index (χ1n) is 7.78. The molecule has 2 nitrogen and oxygen atoms in total. The highest BCUT2D eigenvalue weighted by Gasteiger charge is 2.04. The second-order valence-corrected chi connectivity index (χ2v) is 5.31. The lowest BCUT2D eigenvalue weighted by atomic mass is 9.96. The minimum Gasteiger partial charge on any atom is -0.466 e. The van der Waals surface area contributed by atoms with Gasteiger partial charge in [0, 0.05) is 5.57 Å². The molecule has 0 aromatic heterocycles. The van der Waals surface area contributed by atoms with Gasteiger partial charge < -0.3 is 4.74 Å². The Morgan fingerprint density at radius 2 is 1.35 bits per heavy atom. The fourth-order valence-corrected chi connectivity index (χ4v) is 2.41. The number of rotatable bonds is 6. The largest absolute Gasteiger partial charge is 0.466 e. The summed E-state index contributed by atoms with van der Waals surface area (Å²) in [6.45, 7) is 1.78. The Balaban J connectivity index is 2.17. The summed E-state index contributed by atoms with van der Waals surface area (Å²) in [5, 5.41) is 0. The average molecular weight is 306 g/mol. The smallest absolute Gasteiger partial charge is 0.333 e. The number of hydrogen-bond acceptors (Lipinski definition) is 2. The van der Waals surface area contributed by atoms with E-state index >= 15 is 0 Å². The van der Waals surface area contributed by atoms with Crippen molar-refractivity contribution >= 4 is 11.5 Å². The summed E-state index contributed by atoms with van der Waals surface area (Å²) >= 11 is 0. The molecular weight excluding hydrogens is 284 g/mol. The predicted molar refractivity (Wildman–Crippen MR) is 95.0 cm³/mol. The van der Waals surface area contributed by atoms with Gasteiger partial charge >= 0.3 is 5.97 Å². The molecule has 0 atom stereocenters. The summed E-state index contributed by atoms with van der Waals surface area (Å²) in [4.78, 5) is 11.4. The topological polar surface area (TPSA) is 26.3 Å². The fraction of sp³-hybridized carbons (Fsp3) is 0.190. The van der Waals surface area contributed by atoms with Gasteiger partial charge in [-0.3, -0.25) is 0 Å². The molecule has 0 unspecified atom stereocenters. The van der Waals surface area contributed by atoms with Crippen LogP contribution in [0, 0.1) is 0 Å². The van der Waals surface area contributed by atoms with Gasteiger partial charge in [0.2, 0.25) is 0 Å². The molecule has 2 aromatic rings. The van der Waals surface area contributed by atoms with Crippen molar-refractivity contribution in [3.05, 3.63) is 89.5 Å². The van der Waals surface area contributed by atoms with Crippen LogP contribution < -0.4 is 0 Å². The Labute approximate surface area is 138 Å². The molecule has 0 aliphatic carbocycles. The second kappa shape index (κ2) is 8.74. The van der Waals surface area contributed by atoms with E-state index in [1.807, 2.05) is 42.5 Å². The van der Waals surface area contributed by atoms with E-state index in [4.69, 9.17) is 4.74 Å². The summed E-state index contributed by atoms with van der Waals surface area (Å²) in [5.74, 6) is -0.264. The van der Waals surface area contributed by atoms with Crippen LogP contribution in [-0.4, -0.2) is 13.1 Å². The highest BCUT2D eigenvalue weighted by molar-refractivity contribution is 5.87. The molecule has 0 fully saturated rings. The van der Waals surface area contributed by atoms with Crippen molar-refractivity contribution in [1.82, 2.24) is 0 Å². The molecule has 23 heavy (non-hydrogen) atoms. The Morgan fingerprint density at radius 3 is 1.83 bits per heavy atom. The van der Waals surface area contributed by atoms with Gasteiger partial charge in [-0.15, -0.1) is 0 Å². The molecule has 0 N–H and O–H groups in total. The molecule has 2 aromatic carbocycles. The molecule has 0 heterocycles. The Hall–Kier alpha value is -2.61. The fourth-order valence-electron chi connectivity index (χ4n) is 2.41. The van der Waals surface area contributed by atoms with Crippen molar-refractivity contribution in [3.63, 3.8) is 0 Å². The lowest BCUT2D eigenvalue weighted by molar-refractivity contribution is -0.136. The van der Waals surface area contributed by atoms with Crippen molar-refractivity contribution < 1.29 is 9.53 Å². The molecule has 0 bridgehead atoms. The van der Waals surface area contributed by atoms with Crippen LogP contribution in [0.25, 0.3) is 5.57 Å². The van der Waals surface area contributed by atoms with E-state index in [0.717, 1.165) is 12.8 Å². The molecule has 0 amide bonds. The van der Waals surface area contributed by atoms with Gasteiger partial charge in [0.1, 0.15) is 0 Å². The maximum Gasteiger partial charge on any atom is 0.333 e. The van der Waals surface area contributed by atoms with Crippen molar-refractivity contribution in [2.45, 2.75) is 19.8 Å². The third kappa shape index (κ3) is 4.96. The number of esters is 1. The number of benzene rings is 2. The SMILES string of the molecule is COC(=O)C(C)=CCCC=C(c1ccccc1)c1ccccc1. The van der Waals surface area contributed by atoms with Gasteiger partial charge in [0.25, 0.3) is 0 Å². The number of hydrogen-bond donors (Lipinski definition) is 0. The molecule has 0 saturated heterocycles. The monoisotopic (exact) mass is 306 g/mol.